The van der Waals surface area contributed by atoms with Crippen LogP contribution >= 0.6 is 0 Å². The highest BCUT2D eigenvalue weighted by Crippen LogP contribution is 2.26. The third-order valence-corrected chi connectivity index (χ3v) is 4.78. The van der Waals surface area contributed by atoms with Crippen LogP contribution in [0.4, 0.5) is 5.69 Å². The lowest BCUT2D eigenvalue weighted by atomic mass is 9.98. The Kier molecular flexibility index (Phi) is 5.34. The molecule has 7 heteroatoms. The molecule has 0 unspecified atom stereocenters. The number of aromatic nitrogens is 2. The Labute approximate surface area is 173 Å². The fourth-order valence-corrected chi connectivity index (χ4v) is 3.08. The van der Waals surface area contributed by atoms with Gasteiger partial charge in [0, 0.05) is 35.1 Å². The number of anilines is 1. The number of carbonyl (C=O) groups excluding carboxylic acids is 3. The van der Waals surface area contributed by atoms with E-state index in [0.717, 1.165) is 24.0 Å². The zero-order chi connectivity index (χ0) is 21.1. The molecule has 0 spiro atoms. The van der Waals surface area contributed by atoms with Gasteiger partial charge in [-0.3, -0.25) is 24.4 Å². The summed E-state index contributed by atoms with van der Waals surface area (Å²) in [5, 5.41) is 5.65. The first-order chi connectivity index (χ1) is 14.5. The molecule has 2 aromatic heterocycles. The molecule has 1 aliphatic carbocycles. The average Bonchev–Trinajstić information content (AvgIpc) is 3.58. The summed E-state index contributed by atoms with van der Waals surface area (Å²) in [6.45, 7) is 1.51. The molecule has 1 aromatic carbocycles. The predicted octanol–water partition coefficient (Wildman–Crippen LogP) is 3.49. The highest BCUT2D eigenvalue weighted by molar-refractivity contribution is 6.06. The number of nitrogens with one attached hydrogen (secondary N) is 2. The zero-order valence-electron chi connectivity index (χ0n) is 16.4. The van der Waals surface area contributed by atoms with Crippen LogP contribution in [0, 0.1) is 0 Å². The van der Waals surface area contributed by atoms with Gasteiger partial charge in [0.1, 0.15) is 5.69 Å². The van der Waals surface area contributed by atoms with Gasteiger partial charge in [-0.25, -0.2) is 0 Å². The van der Waals surface area contributed by atoms with E-state index in [9.17, 15) is 14.4 Å². The molecular weight excluding hydrogens is 380 g/mol. The molecular formula is C23H20N4O3. The molecule has 1 aliphatic rings. The molecule has 0 aliphatic heterocycles. The first-order valence-corrected chi connectivity index (χ1v) is 9.65. The fourth-order valence-electron chi connectivity index (χ4n) is 3.08. The third kappa shape index (κ3) is 4.41. The number of rotatable bonds is 6. The van der Waals surface area contributed by atoms with Crippen LogP contribution in [0.15, 0.2) is 61.1 Å². The van der Waals surface area contributed by atoms with Crippen molar-refractivity contribution >= 4 is 23.3 Å². The number of ketones is 1. The average molecular weight is 400 g/mol. The first kappa shape index (κ1) is 19.4. The monoisotopic (exact) mass is 400 g/mol. The number of carbonyl (C=O) groups is 3. The summed E-state index contributed by atoms with van der Waals surface area (Å²) >= 11 is 0. The van der Waals surface area contributed by atoms with Crippen molar-refractivity contribution in [3.63, 3.8) is 0 Å². The van der Waals surface area contributed by atoms with Crippen molar-refractivity contribution in [1.29, 1.82) is 0 Å². The van der Waals surface area contributed by atoms with Crippen molar-refractivity contribution in [3.05, 3.63) is 77.9 Å². The number of amides is 2. The van der Waals surface area contributed by atoms with Crippen molar-refractivity contribution in [2.45, 2.75) is 25.8 Å². The highest BCUT2D eigenvalue weighted by atomic mass is 16.2. The van der Waals surface area contributed by atoms with E-state index in [-0.39, 0.29) is 29.3 Å². The van der Waals surface area contributed by atoms with Crippen LogP contribution in [0.1, 0.15) is 51.0 Å². The molecule has 4 rings (SSSR count). The molecule has 1 saturated carbocycles. The number of Topliss-reactive ketones (excluding diaryl/α,β-unsaturated/α-hetero) is 1. The minimum absolute atomic E-state index is 0.0474. The van der Waals surface area contributed by atoms with Crippen molar-refractivity contribution in [3.8, 4) is 11.1 Å². The van der Waals surface area contributed by atoms with E-state index in [0.29, 0.717) is 16.8 Å². The van der Waals surface area contributed by atoms with E-state index in [4.69, 9.17) is 0 Å². The van der Waals surface area contributed by atoms with Gasteiger partial charge in [0.2, 0.25) is 0 Å². The quantitative estimate of drug-likeness (QED) is 0.617. The SMILES string of the molecule is CC(=O)c1ccccc1-c1cncc(NC(=O)c2ccnc(C(=O)NC3CC3)c2)c1. The Balaban J connectivity index is 1.54. The molecule has 150 valence electrons. The smallest absolute Gasteiger partial charge is 0.270 e. The van der Waals surface area contributed by atoms with Gasteiger partial charge in [0.25, 0.3) is 11.8 Å². The highest BCUT2D eigenvalue weighted by Gasteiger charge is 2.24. The van der Waals surface area contributed by atoms with E-state index in [2.05, 4.69) is 20.6 Å². The van der Waals surface area contributed by atoms with Crippen molar-refractivity contribution < 1.29 is 14.4 Å². The van der Waals surface area contributed by atoms with Crippen LogP contribution in [0.25, 0.3) is 11.1 Å². The van der Waals surface area contributed by atoms with Crippen molar-refractivity contribution in [2.24, 2.45) is 0 Å². The number of nitrogens with zero attached hydrogens (tertiary/aromatic N) is 2. The molecule has 30 heavy (non-hydrogen) atoms. The summed E-state index contributed by atoms with van der Waals surface area (Å²) in [5.41, 5.74) is 3.06. The minimum Gasteiger partial charge on any atom is -0.348 e. The minimum atomic E-state index is -0.378. The van der Waals surface area contributed by atoms with Gasteiger partial charge in [-0.05, 0) is 43.5 Å². The number of benzene rings is 1. The predicted molar refractivity (Wildman–Crippen MR) is 112 cm³/mol. The Hall–Kier alpha value is -3.87. The van der Waals surface area contributed by atoms with Gasteiger partial charge in [-0.15, -0.1) is 0 Å². The van der Waals surface area contributed by atoms with Crippen molar-refractivity contribution in [2.75, 3.05) is 5.32 Å². The molecule has 0 radical (unpaired) electrons. The van der Waals surface area contributed by atoms with Crippen LogP contribution in [0.3, 0.4) is 0 Å². The van der Waals surface area contributed by atoms with Crippen LogP contribution in [-0.2, 0) is 0 Å². The molecule has 2 heterocycles. The van der Waals surface area contributed by atoms with E-state index in [1.165, 1.54) is 25.4 Å². The fraction of sp³-hybridized carbons (Fsp3) is 0.174. The molecule has 0 saturated heterocycles. The van der Waals surface area contributed by atoms with E-state index in [1.807, 2.05) is 12.1 Å². The largest absolute Gasteiger partial charge is 0.348 e. The van der Waals surface area contributed by atoms with Crippen LogP contribution in [0.5, 0.6) is 0 Å². The lowest BCUT2D eigenvalue weighted by Gasteiger charge is -2.10. The summed E-state index contributed by atoms with van der Waals surface area (Å²) < 4.78 is 0. The summed E-state index contributed by atoms with van der Waals surface area (Å²) in [6.07, 6.45) is 6.56. The van der Waals surface area contributed by atoms with Gasteiger partial charge >= 0.3 is 0 Å². The topological polar surface area (TPSA) is 101 Å². The standard InChI is InChI=1S/C23H20N4O3/c1-14(28)19-4-2-3-5-20(19)16-10-18(13-24-12-16)27-22(29)15-8-9-25-21(11-15)23(30)26-17-6-7-17/h2-5,8-13,17H,6-7H2,1H3,(H,26,30)(H,27,29). The van der Waals surface area contributed by atoms with Gasteiger partial charge < -0.3 is 10.6 Å². The van der Waals surface area contributed by atoms with Crippen LogP contribution in [0.2, 0.25) is 0 Å². The summed E-state index contributed by atoms with van der Waals surface area (Å²) in [5.74, 6) is -0.706. The van der Waals surface area contributed by atoms with Gasteiger partial charge in [-0.1, -0.05) is 24.3 Å². The molecule has 1 fully saturated rings. The van der Waals surface area contributed by atoms with E-state index in [1.54, 1.807) is 30.5 Å². The maximum absolute atomic E-state index is 12.7. The van der Waals surface area contributed by atoms with Gasteiger partial charge in [0.15, 0.2) is 5.78 Å². The molecule has 2 N–H and O–H groups in total. The Morgan fingerprint density at radius 3 is 2.57 bits per heavy atom. The lowest BCUT2D eigenvalue weighted by molar-refractivity contribution is 0.0945. The van der Waals surface area contributed by atoms with E-state index >= 15 is 0 Å². The number of hydrogen-bond donors (Lipinski definition) is 2. The summed E-state index contributed by atoms with van der Waals surface area (Å²) in [6, 6.07) is 12.2. The maximum atomic E-state index is 12.7. The number of hydrogen-bond acceptors (Lipinski definition) is 5. The summed E-state index contributed by atoms with van der Waals surface area (Å²) in [4.78, 5) is 45.0. The lowest BCUT2D eigenvalue weighted by Crippen LogP contribution is -2.26. The number of pyridine rings is 2. The van der Waals surface area contributed by atoms with Crippen molar-refractivity contribution in [1.82, 2.24) is 15.3 Å². The van der Waals surface area contributed by atoms with Crippen LogP contribution < -0.4 is 10.6 Å². The molecule has 0 bridgehead atoms. The Morgan fingerprint density at radius 1 is 1.00 bits per heavy atom. The normalized spacial score (nSPS) is 12.8. The van der Waals surface area contributed by atoms with Gasteiger partial charge in [-0.2, -0.15) is 0 Å². The van der Waals surface area contributed by atoms with Crippen LogP contribution in [-0.4, -0.2) is 33.6 Å². The second-order valence-corrected chi connectivity index (χ2v) is 7.20. The zero-order valence-corrected chi connectivity index (χ0v) is 16.4. The molecule has 3 aromatic rings. The van der Waals surface area contributed by atoms with Gasteiger partial charge in [0.05, 0.1) is 11.9 Å². The summed E-state index contributed by atoms with van der Waals surface area (Å²) in [7, 11) is 0. The second-order valence-electron chi connectivity index (χ2n) is 7.20. The Morgan fingerprint density at radius 2 is 1.80 bits per heavy atom. The van der Waals surface area contributed by atoms with E-state index < -0.39 is 0 Å². The molecule has 7 nitrogen and oxygen atoms in total. The molecule has 2 amide bonds. The molecule has 0 atom stereocenters. The third-order valence-electron chi connectivity index (χ3n) is 4.78. The first-order valence-electron chi connectivity index (χ1n) is 9.65. The second kappa shape index (κ2) is 8.24. The maximum Gasteiger partial charge on any atom is 0.270 e. The Bertz CT molecular complexity index is 1140.